The molecule has 1 aliphatic rings. The maximum absolute atomic E-state index is 5.96. The maximum Gasteiger partial charge on any atom is 0.161 e. The zero-order valence-corrected chi connectivity index (χ0v) is 21.2. The number of hydrogen-bond acceptors (Lipinski definition) is 7. The standard InChI is InChI=1S/C27H35N3O3S/c1-20-29-23(19-34-20)18-33-26-12-7-21(15-27(26)32-3)16-28-17-25(30-13-5-4-6-14-30)22-8-10-24(31-2)11-9-22/h7-12,15,19,25,28H,4-6,13-14,16-18H2,1-3H3/t25-/m1/s1. The Morgan fingerprint density at radius 1 is 1.00 bits per heavy atom. The number of rotatable bonds is 11. The number of aromatic nitrogens is 1. The molecule has 2 aromatic carbocycles. The largest absolute Gasteiger partial charge is 0.497 e. The molecule has 0 bridgehead atoms. The van der Waals surface area contributed by atoms with Crippen molar-refractivity contribution in [1.29, 1.82) is 0 Å². The second-order valence-electron chi connectivity index (χ2n) is 8.65. The number of nitrogens with one attached hydrogen (secondary N) is 1. The van der Waals surface area contributed by atoms with Gasteiger partial charge in [-0.15, -0.1) is 11.3 Å². The van der Waals surface area contributed by atoms with Crippen LogP contribution in [-0.2, 0) is 13.2 Å². The fourth-order valence-electron chi connectivity index (χ4n) is 4.43. The molecule has 3 aromatic rings. The summed E-state index contributed by atoms with van der Waals surface area (Å²) < 4.78 is 16.9. The van der Waals surface area contributed by atoms with Crippen LogP contribution in [-0.4, -0.2) is 43.7 Å². The third kappa shape index (κ3) is 6.50. The van der Waals surface area contributed by atoms with Crippen LogP contribution in [0.4, 0.5) is 0 Å². The SMILES string of the molecule is COc1ccc([C@@H](CNCc2ccc(OCc3csc(C)n3)c(OC)c2)N2CCCCC2)cc1. The number of piperidine rings is 1. The summed E-state index contributed by atoms with van der Waals surface area (Å²) in [5.74, 6) is 2.38. The monoisotopic (exact) mass is 481 g/mol. The normalized spacial score (nSPS) is 15.1. The molecule has 4 rings (SSSR count). The molecule has 0 saturated carbocycles. The fourth-order valence-corrected chi connectivity index (χ4v) is 5.03. The number of methoxy groups -OCH3 is 2. The highest BCUT2D eigenvalue weighted by Crippen LogP contribution is 2.30. The molecule has 6 nitrogen and oxygen atoms in total. The van der Waals surface area contributed by atoms with Gasteiger partial charge in [-0.1, -0.05) is 24.6 Å². The van der Waals surface area contributed by atoms with Gasteiger partial charge in [0.15, 0.2) is 11.5 Å². The summed E-state index contributed by atoms with van der Waals surface area (Å²) in [4.78, 5) is 7.07. The van der Waals surface area contributed by atoms with Crippen molar-refractivity contribution in [2.75, 3.05) is 33.9 Å². The molecule has 7 heteroatoms. The van der Waals surface area contributed by atoms with E-state index in [9.17, 15) is 0 Å². The van der Waals surface area contributed by atoms with Crippen molar-refractivity contribution in [2.24, 2.45) is 0 Å². The number of aryl methyl sites for hydroxylation is 1. The van der Waals surface area contributed by atoms with E-state index in [-0.39, 0.29) is 0 Å². The van der Waals surface area contributed by atoms with E-state index in [4.69, 9.17) is 14.2 Å². The molecule has 2 heterocycles. The molecule has 0 radical (unpaired) electrons. The Kier molecular flexibility index (Phi) is 8.79. The third-order valence-corrected chi connectivity index (χ3v) is 7.09. The van der Waals surface area contributed by atoms with Gasteiger partial charge in [-0.25, -0.2) is 4.98 Å². The van der Waals surface area contributed by atoms with E-state index >= 15 is 0 Å². The fraction of sp³-hybridized carbons (Fsp3) is 0.444. The Balaban J connectivity index is 1.38. The molecule has 0 aliphatic carbocycles. The van der Waals surface area contributed by atoms with Gasteiger partial charge in [-0.2, -0.15) is 0 Å². The molecular formula is C27H35N3O3S. The van der Waals surface area contributed by atoms with Gasteiger partial charge in [-0.3, -0.25) is 4.90 Å². The minimum atomic E-state index is 0.345. The van der Waals surface area contributed by atoms with Gasteiger partial charge < -0.3 is 19.5 Å². The average molecular weight is 482 g/mol. The Morgan fingerprint density at radius 3 is 2.47 bits per heavy atom. The molecule has 0 unspecified atom stereocenters. The van der Waals surface area contributed by atoms with E-state index in [1.165, 1.54) is 30.4 Å². The molecule has 34 heavy (non-hydrogen) atoms. The summed E-state index contributed by atoms with van der Waals surface area (Å²) in [5.41, 5.74) is 3.44. The van der Waals surface area contributed by atoms with Crippen LogP contribution >= 0.6 is 11.3 Å². The molecule has 182 valence electrons. The van der Waals surface area contributed by atoms with E-state index in [2.05, 4.69) is 51.6 Å². The van der Waals surface area contributed by atoms with E-state index in [1.807, 2.05) is 18.4 Å². The van der Waals surface area contributed by atoms with Crippen LogP contribution in [0.2, 0.25) is 0 Å². The van der Waals surface area contributed by atoms with Gasteiger partial charge in [0.05, 0.1) is 24.9 Å². The summed E-state index contributed by atoms with van der Waals surface area (Å²) in [6.07, 6.45) is 3.87. The highest BCUT2D eigenvalue weighted by molar-refractivity contribution is 7.09. The molecule has 1 aromatic heterocycles. The number of likely N-dealkylation sites (tertiary alicyclic amines) is 1. The quantitative estimate of drug-likeness (QED) is 0.398. The lowest BCUT2D eigenvalue weighted by Gasteiger charge is -2.35. The Hall–Kier alpha value is -2.61. The van der Waals surface area contributed by atoms with Crippen molar-refractivity contribution in [3.05, 3.63) is 69.7 Å². The number of hydrogen-bond donors (Lipinski definition) is 1. The zero-order chi connectivity index (χ0) is 23.8. The molecule has 1 fully saturated rings. The summed E-state index contributed by atoms with van der Waals surface area (Å²) >= 11 is 1.63. The highest BCUT2D eigenvalue weighted by atomic mass is 32.1. The number of ether oxygens (including phenoxy) is 3. The first-order valence-electron chi connectivity index (χ1n) is 12.0. The molecule has 0 amide bonds. The van der Waals surface area contributed by atoms with E-state index in [0.717, 1.165) is 54.1 Å². The van der Waals surface area contributed by atoms with Gasteiger partial charge in [0.25, 0.3) is 0 Å². The van der Waals surface area contributed by atoms with Crippen molar-refractivity contribution in [3.8, 4) is 17.2 Å². The van der Waals surface area contributed by atoms with Crippen molar-refractivity contribution in [2.45, 2.75) is 45.4 Å². The van der Waals surface area contributed by atoms with Crippen LogP contribution in [0.15, 0.2) is 47.8 Å². The van der Waals surface area contributed by atoms with Crippen LogP contribution in [0.3, 0.4) is 0 Å². The van der Waals surface area contributed by atoms with E-state index < -0.39 is 0 Å². The second-order valence-corrected chi connectivity index (χ2v) is 9.71. The minimum absolute atomic E-state index is 0.345. The molecule has 1 saturated heterocycles. The van der Waals surface area contributed by atoms with Crippen molar-refractivity contribution >= 4 is 11.3 Å². The topological polar surface area (TPSA) is 55.9 Å². The minimum Gasteiger partial charge on any atom is -0.497 e. The first-order valence-corrected chi connectivity index (χ1v) is 12.8. The average Bonchev–Trinajstić information content (AvgIpc) is 3.31. The van der Waals surface area contributed by atoms with E-state index in [1.54, 1.807) is 25.6 Å². The number of thiazole rings is 1. The summed E-state index contributed by atoms with van der Waals surface area (Å²) in [7, 11) is 3.39. The van der Waals surface area contributed by atoms with Crippen LogP contribution in [0.25, 0.3) is 0 Å². The van der Waals surface area contributed by atoms with Gasteiger partial charge in [-0.05, 0) is 68.2 Å². The van der Waals surface area contributed by atoms with Crippen LogP contribution in [0.5, 0.6) is 17.2 Å². The van der Waals surface area contributed by atoms with Gasteiger partial charge in [0, 0.05) is 24.5 Å². The number of benzene rings is 2. The van der Waals surface area contributed by atoms with Gasteiger partial charge in [0.2, 0.25) is 0 Å². The van der Waals surface area contributed by atoms with Gasteiger partial charge >= 0.3 is 0 Å². The smallest absolute Gasteiger partial charge is 0.161 e. The Labute approximate surface area is 206 Å². The predicted molar refractivity (Wildman–Crippen MR) is 137 cm³/mol. The lowest BCUT2D eigenvalue weighted by molar-refractivity contribution is 0.160. The number of nitrogens with zero attached hydrogens (tertiary/aromatic N) is 2. The Morgan fingerprint density at radius 2 is 1.79 bits per heavy atom. The summed E-state index contributed by atoms with van der Waals surface area (Å²) in [6.45, 7) is 6.39. The Bertz CT molecular complexity index is 1030. The molecule has 1 atom stereocenters. The van der Waals surface area contributed by atoms with Crippen molar-refractivity contribution < 1.29 is 14.2 Å². The first kappa shape index (κ1) is 24.5. The summed E-state index contributed by atoms with van der Waals surface area (Å²) in [5, 5.41) is 6.75. The van der Waals surface area contributed by atoms with Crippen LogP contribution in [0.1, 0.15) is 47.1 Å². The third-order valence-electron chi connectivity index (χ3n) is 6.27. The molecule has 1 N–H and O–H groups in total. The van der Waals surface area contributed by atoms with Crippen LogP contribution < -0.4 is 19.5 Å². The first-order chi connectivity index (χ1) is 16.7. The molecule has 1 aliphatic heterocycles. The maximum atomic E-state index is 5.96. The van der Waals surface area contributed by atoms with Gasteiger partial charge in [0.1, 0.15) is 12.4 Å². The van der Waals surface area contributed by atoms with E-state index in [0.29, 0.717) is 12.6 Å². The van der Waals surface area contributed by atoms with Crippen molar-refractivity contribution in [3.63, 3.8) is 0 Å². The lowest BCUT2D eigenvalue weighted by atomic mass is 10.0. The van der Waals surface area contributed by atoms with Crippen molar-refractivity contribution in [1.82, 2.24) is 15.2 Å². The molecular weight excluding hydrogens is 446 g/mol. The molecule has 0 spiro atoms. The summed E-state index contributed by atoms with van der Waals surface area (Å²) in [6, 6.07) is 15.0. The zero-order valence-electron chi connectivity index (χ0n) is 20.4. The predicted octanol–water partition coefficient (Wildman–Crippen LogP) is 5.36. The second kappa shape index (κ2) is 12.2. The van der Waals surface area contributed by atoms with Crippen LogP contribution in [0, 0.1) is 6.92 Å². The lowest BCUT2D eigenvalue weighted by Crippen LogP contribution is -2.39. The highest BCUT2D eigenvalue weighted by Gasteiger charge is 2.22.